The fourth-order valence-corrected chi connectivity index (χ4v) is 4.42. The molecule has 0 saturated heterocycles. The SMILES string of the molecule is CNC(Cc1ccc(Br)s1)C1(C)CCCC1. The summed E-state index contributed by atoms with van der Waals surface area (Å²) >= 11 is 5.40. The van der Waals surface area contributed by atoms with E-state index in [4.69, 9.17) is 0 Å². The van der Waals surface area contributed by atoms with Crippen molar-refractivity contribution in [1.82, 2.24) is 5.32 Å². The van der Waals surface area contributed by atoms with E-state index in [1.807, 2.05) is 11.3 Å². The predicted molar refractivity (Wildman–Crippen MR) is 75.1 cm³/mol. The summed E-state index contributed by atoms with van der Waals surface area (Å²) in [6, 6.07) is 5.03. The Morgan fingerprint density at radius 1 is 1.44 bits per heavy atom. The maximum absolute atomic E-state index is 3.54. The van der Waals surface area contributed by atoms with Crippen molar-refractivity contribution in [1.29, 1.82) is 0 Å². The molecule has 1 unspecified atom stereocenters. The summed E-state index contributed by atoms with van der Waals surface area (Å²) in [4.78, 5) is 1.49. The Morgan fingerprint density at radius 3 is 2.62 bits per heavy atom. The minimum atomic E-state index is 0.505. The van der Waals surface area contributed by atoms with Gasteiger partial charge < -0.3 is 5.32 Å². The van der Waals surface area contributed by atoms with E-state index in [0.29, 0.717) is 11.5 Å². The van der Waals surface area contributed by atoms with E-state index in [1.165, 1.54) is 40.8 Å². The van der Waals surface area contributed by atoms with Gasteiger partial charge in [-0.05, 0) is 59.8 Å². The van der Waals surface area contributed by atoms with Crippen LogP contribution in [0.2, 0.25) is 0 Å². The van der Waals surface area contributed by atoms with E-state index in [-0.39, 0.29) is 0 Å². The zero-order valence-corrected chi connectivity index (χ0v) is 12.5. The monoisotopic (exact) mass is 301 g/mol. The summed E-state index contributed by atoms with van der Waals surface area (Å²) in [7, 11) is 2.11. The van der Waals surface area contributed by atoms with Gasteiger partial charge in [-0.25, -0.2) is 0 Å². The van der Waals surface area contributed by atoms with E-state index in [9.17, 15) is 0 Å². The van der Waals surface area contributed by atoms with Crippen molar-refractivity contribution in [2.75, 3.05) is 7.05 Å². The third-order valence-corrected chi connectivity index (χ3v) is 5.62. The standard InChI is InChI=1S/C13H20BrNS/c1-13(7-3-4-8-13)11(15-2)9-10-5-6-12(14)16-10/h5-6,11,15H,3-4,7-9H2,1-2H3. The Labute approximate surface area is 111 Å². The lowest BCUT2D eigenvalue weighted by atomic mass is 9.79. The summed E-state index contributed by atoms with van der Waals surface area (Å²) in [5, 5.41) is 3.53. The highest BCUT2D eigenvalue weighted by Crippen LogP contribution is 2.42. The Morgan fingerprint density at radius 2 is 2.12 bits per heavy atom. The number of rotatable bonds is 4. The minimum absolute atomic E-state index is 0.505. The van der Waals surface area contributed by atoms with Gasteiger partial charge in [-0.2, -0.15) is 0 Å². The van der Waals surface area contributed by atoms with Gasteiger partial charge in [-0.3, -0.25) is 0 Å². The molecule has 1 atom stereocenters. The molecular formula is C13H20BrNS. The summed E-state index contributed by atoms with van der Waals surface area (Å²) in [6.07, 6.45) is 6.74. The molecule has 2 rings (SSSR count). The first-order valence-corrected chi connectivity index (χ1v) is 7.66. The first-order valence-electron chi connectivity index (χ1n) is 6.05. The average Bonchev–Trinajstić information content (AvgIpc) is 2.85. The van der Waals surface area contributed by atoms with Crippen LogP contribution in [0.15, 0.2) is 15.9 Å². The second-order valence-corrected chi connectivity index (χ2v) is 7.66. The molecule has 1 fully saturated rings. The Balaban J connectivity index is 2.05. The fraction of sp³-hybridized carbons (Fsp3) is 0.692. The van der Waals surface area contributed by atoms with Crippen molar-refractivity contribution in [2.45, 2.75) is 45.1 Å². The molecule has 0 aromatic carbocycles. The highest BCUT2D eigenvalue weighted by molar-refractivity contribution is 9.11. The third-order valence-electron chi connectivity index (χ3n) is 3.97. The van der Waals surface area contributed by atoms with Crippen molar-refractivity contribution >= 4 is 27.3 Å². The molecule has 1 aliphatic carbocycles. The first-order chi connectivity index (χ1) is 7.64. The van der Waals surface area contributed by atoms with Gasteiger partial charge in [-0.15, -0.1) is 11.3 Å². The van der Waals surface area contributed by atoms with Crippen LogP contribution in [0.3, 0.4) is 0 Å². The Hall–Kier alpha value is 0.140. The van der Waals surface area contributed by atoms with Gasteiger partial charge in [-0.1, -0.05) is 19.8 Å². The average molecular weight is 302 g/mol. The van der Waals surface area contributed by atoms with Crippen molar-refractivity contribution < 1.29 is 0 Å². The molecule has 1 aliphatic rings. The summed E-state index contributed by atoms with van der Waals surface area (Å²) < 4.78 is 1.24. The smallest absolute Gasteiger partial charge is 0.0701 e. The molecule has 0 radical (unpaired) electrons. The van der Waals surface area contributed by atoms with Crippen LogP contribution >= 0.6 is 27.3 Å². The molecule has 1 aromatic heterocycles. The normalized spacial score (nSPS) is 21.2. The summed E-state index contributed by atoms with van der Waals surface area (Å²) in [5.74, 6) is 0. The highest BCUT2D eigenvalue weighted by Gasteiger charge is 2.36. The van der Waals surface area contributed by atoms with Crippen molar-refractivity contribution in [3.05, 3.63) is 20.8 Å². The van der Waals surface area contributed by atoms with Crippen LogP contribution in [0.4, 0.5) is 0 Å². The number of thiophene rings is 1. The molecular weight excluding hydrogens is 282 g/mol. The number of nitrogens with one attached hydrogen (secondary N) is 1. The number of likely N-dealkylation sites (N-methyl/N-ethyl adjacent to an activating group) is 1. The molecule has 0 bridgehead atoms. The quantitative estimate of drug-likeness (QED) is 0.878. The lowest BCUT2D eigenvalue weighted by Crippen LogP contribution is -2.41. The van der Waals surface area contributed by atoms with Crippen LogP contribution in [0.25, 0.3) is 0 Å². The number of halogens is 1. The van der Waals surface area contributed by atoms with Crippen LogP contribution in [0.1, 0.15) is 37.5 Å². The Kier molecular flexibility index (Phi) is 4.09. The minimum Gasteiger partial charge on any atom is -0.316 e. The molecule has 1 N–H and O–H groups in total. The van der Waals surface area contributed by atoms with Crippen molar-refractivity contribution in [3.63, 3.8) is 0 Å². The first kappa shape index (κ1) is 12.6. The van der Waals surface area contributed by atoms with Crippen LogP contribution in [-0.2, 0) is 6.42 Å². The van der Waals surface area contributed by atoms with Crippen LogP contribution < -0.4 is 5.32 Å². The van der Waals surface area contributed by atoms with E-state index in [0.717, 1.165) is 0 Å². The second-order valence-electron chi connectivity index (χ2n) is 5.11. The van der Waals surface area contributed by atoms with Gasteiger partial charge in [0.1, 0.15) is 0 Å². The molecule has 0 spiro atoms. The summed E-state index contributed by atoms with van der Waals surface area (Å²) in [6.45, 7) is 2.45. The van der Waals surface area contributed by atoms with Crippen LogP contribution in [0, 0.1) is 5.41 Å². The predicted octanol–water partition coefficient (Wildman–Crippen LogP) is 4.22. The van der Waals surface area contributed by atoms with Crippen LogP contribution in [0.5, 0.6) is 0 Å². The van der Waals surface area contributed by atoms with Gasteiger partial charge in [0.15, 0.2) is 0 Å². The van der Waals surface area contributed by atoms with Gasteiger partial charge in [0.2, 0.25) is 0 Å². The third kappa shape index (κ3) is 2.69. The fourth-order valence-electron chi connectivity index (χ4n) is 2.89. The van der Waals surface area contributed by atoms with Gasteiger partial charge >= 0.3 is 0 Å². The van der Waals surface area contributed by atoms with Crippen LogP contribution in [-0.4, -0.2) is 13.1 Å². The lowest BCUT2D eigenvalue weighted by molar-refractivity contribution is 0.230. The van der Waals surface area contributed by atoms with E-state index < -0.39 is 0 Å². The summed E-state index contributed by atoms with van der Waals surface area (Å²) in [5.41, 5.74) is 0.505. The maximum Gasteiger partial charge on any atom is 0.0701 e. The molecule has 3 heteroatoms. The Bertz CT molecular complexity index is 341. The maximum atomic E-state index is 3.54. The van der Waals surface area contributed by atoms with Crippen molar-refractivity contribution in [3.8, 4) is 0 Å². The number of hydrogen-bond acceptors (Lipinski definition) is 2. The van der Waals surface area contributed by atoms with Gasteiger partial charge in [0.05, 0.1) is 3.79 Å². The molecule has 0 aliphatic heterocycles. The van der Waals surface area contributed by atoms with E-state index >= 15 is 0 Å². The molecule has 1 heterocycles. The molecule has 1 saturated carbocycles. The molecule has 1 nitrogen and oxygen atoms in total. The lowest BCUT2D eigenvalue weighted by Gasteiger charge is -2.33. The largest absolute Gasteiger partial charge is 0.316 e. The van der Waals surface area contributed by atoms with Gasteiger partial charge in [0, 0.05) is 10.9 Å². The van der Waals surface area contributed by atoms with Crippen molar-refractivity contribution in [2.24, 2.45) is 5.41 Å². The zero-order chi connectivity index (χ0) is 11.6. The van der Waals surface area contributed by atoms with Gasteiger partial charge in [0.25, 0.3) is 0 Å². The van der Waals surface area contributed by atoms with E-state index in [2.05, 4.69) is 47.4 Å². The highest BCUT2D eigenvalue weighted by atomic mass is 79.9. The molecule has 90 valence electrons. The number of hydrogen-bond donors (Lipinski definition) is 1. The zero-order valence-electron chi connectivity index (χ0n) is 10.1. The molecule has 16 heavy (non-hydrogen) atoms. The second kappa shape index (κ2) is 5.19. The topological polar surface area (TPSA) is 12.0 Å². The molecule has 0 amide bonds. The molecule has 1 aromatic rings. The van der Waals surface area contributed by atoms with E-state index in [1.54, 1.807) is 0 Å².